The van der Waals surface area contributed by atoms with Crippen LogP contribution in [0.25, 0.3) is 0 Å². The van der Waals surface area contributed by atoms with E-state index in [1.54, 1.807) is 14.2 Å². The lowest BCUT2D eigenvalue weighted by Crippen LogP contribution is -2.49. The number of carbonyl (C=O) groups is 1. The van der Waals surface area contributed by atoms with Crippen LogP contribution in [0, 0.1) is 0 Å². The van der Waals surface area contributed by atoms with Crippen LogP contribution in [0.4, 0.5) is 0 Å². The van der Waals surface area contributed by atoms with Gasteiger partial charge in [-0.1, -0.05) is 36.4 Å². The molecule has 5 heteroatoms. The average Bonchev–Trinajstić information content (AvgIpc) is 2.73. The number of benzene rings is 2. The van der Waals surface area contributed by atoms with Crippen molar-refractivity contribution in [1.29, 1.82) is 0 Å². The first-order chi connectivity index (χ1) is 13.2. The first-order valence-corrected chi connectivity index (χ1v) is 9.45. The molecule has 1 aliphatic rings. The van der Waals surface area contributed by atoms with Crippen molar-refractivity contribution in [2.45, 2.75) is 12.8 Å². The summed E-state index contributed by atoms with van der Waals surface area (Å²) in [5.41, 5.74) is 2.18. The third-order valence-corrected chi connectivity index (χ3v) is 5.15. The molecular weight excluding hydrogens is 340 g/mol. The van der Waals surface area contributed by atoms with Gasteiger partial charge in [0.25, 0.3) is 0 Å². The van der Waals surface area contributed by atoms with Gasteiger partial charge in [-0.05, 0) is 24.1 Å². The Morgan fingerprint density at radius 2 is 1.41 bits per heavy atom. The summed E-state index contributed by atoms with van der Waals surface area (Å²) >= 11 is 0. The third-order valence-electron chi connectivity index (χ3n) is 5.15. The van der Waals surface area contributed by atoms with Crippen molar-refractivity contribution in [2.75, 3.05) is 46.9 Å². The standard InChI is InChI=1S/C22H28N2O3/c1-26-20-9-5-3-7-18(20)11-12-23-13-15-24(16-14-23)22(25)17-19-8-4-6-10-21(19)27-2/h3-10H,11-17H2,1-2H3. The Kier molecular flexibility index (Phi) is 6.71. The van der Waals surface area contributed by atoms with Gasteiger partial charge in [-0.25, -0.2) is 0 Å². The van der Waals surface area contributed by atoms with Gasteiger partial charge in [0.2, 0.25) is 5.91 Å². The van der Waals surface area contributed by atoms with E-state index < -0.39 is 0 Å². The summed E-state index contributed by atoms with van der Waals surface area (Å²) in [6, 6.07) is 15.9. The zero-order chi connectivity index (χ0) is 19.1. The zero-order valence-electron chi connectivity index (χ0n) is 16.2. The Hall–Kier alpha value is -2.53. The number of ether oxygens (including phenoxy) is 2. The summed E-state index contributed by atoms with van der Waals surface area (Å²) in [7, 11) is 3.36. The minimum absolute atomic E-state index is 0.170. The molecule has 0 N–H and O–H groups in total. The number of methoxy groups -OCH3 is 2. The molecule has 0 aromatic heterocycles. The molecule has 1 heterocycles. The second-order valence-electron chi connectivity index (χ2n) is 6.77. The van der Waals surface area contributed by atoms with Gasteiger partial charge in [-0.3, -0.25) is 9.69 Å². The Balaban J connectivity index is 1.48. The number of hydrogen-bond donors (Lipinski definition) is 0. The van der Waals surface area contributed by atoms with E-state index in [9.17, 15) is 4.79 Å². The van der Waals surface area contributed by atoms with Gasteiger partial charge in [0, 0.05) is 38.3 Å². The van der Waals surface area contributed by atoms with E-state index in [1.165, 1.54) is 5.56 Å². The van der Waals surface area contributed by atoms with Crippen molar-refractivity contribution in [1.82, 2.24) is 9.80 Å². The number of hydrogen-bond acceptors (Lipinski definition) is 4. The highest BCUT2D eigenvalue weighted by molar-refractivity contribution is 5.79. The van der Waals surface area contributed by atoms with Crippen LogP contribution in [0.2, 0.25) is 0 Å². The number of para-hydroxylation sites is 2. The van der Waals surface area contributed by atoms with E-state index in [0.717, 1.165) is 56.2 Å². The number of amides is 1. The molecule has 5 nitrogen and oxygen atoms in total. The van der Waals surface area contributed by atoms with E-state index in [0.29, 0.717) is 6.42 Å². The normalized spacial score (nSPS) is 14.8. The molecule has 2 aromatic carbocycles. The maximum Gasteiger partial charge on any atom is 0.227 e. The van der Waals surface area contributed by atoms with Gasteiger partial charge in [-0.15, -0.1) is 0 Å². The van der Waals surface area contributed by atoms with Gasteiger partial charge in [0.1, 0.15) is 11.5 Å². The van der Waals surface area contributed by atoms with Crippen LogP contribution >= 0.6 is 0 Å². The third kappa shape index (κ3) is 5.01. The number of carbonyl (C=O) groups excluding carboxylic acids is 1. The molecule has 0 aliphatic carbocycles. The van der Waals surface area contributed by atoms with Gasteiger partial charge in [0.05, 0.1) is 20.6 Å². The topological polar surface area (TPSA) is 42.0 Å². The van der Waals surface area contributed by atoms with Gasteiger partial charge >= 0.3 is 0 Å². The molecule has 2 aromatic rings. The van der Waals surface area contributed by atoms with Crippen molar-refractivity contribution in [2.24, 2.45) is 0 Å². The first-order valence-electron chi connectivity index (χ1n) is 9.45. The van der Waals surface area contributed by atoms with Crippen molar-refractivity contribution in [3.63, 3.8) is 0 Å². The Bertz CT molecular complexity index is 755. The summed E-state index contributed by atoms with van der Waals surface area (Å²) in [4.78, 5) is 17.0. The Labute approximate surface area is 161 Å². The van der Waals surface area contributed by atoms with E-state index >= 15 is 0 Å². The summed E-state index contributed by atoms with van der Waals surface area (Å²) in [5, 5.41) is 0. The summed E-state index contributed by atoms with van der Waals surface area (Å²) < 4.78 is 10.8. The highest BCUT2D eigenvalue weighted by atomic mass is 16.5. The molecule has 0 bridgehead atoms. The molecule has 1 saturated heterocycles. The zero-order valence-corrected chi connectivity index (χ0v) is 16.2. The monoisotopic (exact) mass is 368 g/mol. The first kappa shape index (κ1) is 19.2. The number of piperazine rings is 1. The van der Waals surface area contributed by atoms with Crippen molar-refractivity contribution in [3.05, 3.63) is 59.7 Å². The molecule has 3 rings (SSSR count). The minimum Gasteiger partial charge on any atom is -0.496 e. The fourth-order valence-electron chi connectivity index (χ4n) is 3.53. The molecule has 0 radical (unpaired) electrons. The van der Waals surface area contributed by atoms with Crippen LogP contribution in [0.3, 0.4) is 0 Å². The maximum atomic E-state index is 12.6. The molecule has 27 heavy (non-hydrogen) atoms. The largest absolute Gasteiger partial charge is 0.496 e. The van der Waals surface area contributed by atoms with E-state index in [1.807, 2.05) is 47.4 Å². The maximum absolute atomic E-state index is 12.6. The van der Waals surface area contributed by atoms with Crippen LogP contribution < -0.4 is 9.47 Å². The lowest BCUT2D eigenvalue weighted by atomic mass is 10.1. The van der Waals surface area contributed by atoms with Gasteiger partial charge < -0.3 is 14.4 Å². The summed E-state index contributed by atoms with van der Waals surface area (Å²) in [6.45, 7) is 4.36. The molecule has 1 aliphatic heterocycles. The van der Waals surface area contributed by atoms with Crippen LogP contribution in [0.5, 0.6) is 11.5 Å². The van der Waals surface area contributed by atoms with Crippen molar-refractivity contribution >= 4 is 5.91 Å². The van der Waals surface area contributed by atoms with Gasteiger partial charge in [0.15, 0.2) is 0 Å². The van der Waals surface area contributed by atoms with Crippen LogP contribution in [-0.4, -0.2) is 62.7 Å². The molecule has 1 amide bonds. The minimum atomic E-state index is 0.170. The van der Waals surface area contributed by atoms with Crippen molar-refractivity contribution < 1.29 is 14.3 Å². The number of rotatable bonds is 7. The van der Waals surface area contributed by atoms with E-state index in [4.69, 9.17) is 9.47 Å². The quantitative estimate of drug-likeness (QED) is 0.753. The van der Waals surface area contributed by atoms with E-state index in [2.05, 4.69) is 11.0 Å². The molecule has 1 fully saturated rings. The predicted molar refractivity (Wildman–Crippen MR) is 106 cm³/mol. The second-order valence-corrected chi connectivity index (χ2v) is 6.77. The molecule has 144 valence electrons. The molecule has 0 atom stereocenters. The smallest absolute Gasteiger partial charge is 0.227 e. The predicted octanol–water partition coefficient (Wildman–Crippen LogP) is 2.63. The second kappa shape index (κ2) is 9.42. The highest BCUT2D eigenvalue weighted by Crippen LogP contribution is 2.20. The van der Waals surface area contributed by atoms with Crippen LogP contribution in [-0.2, 0) is 17.6 Å². The highest BCUT2D eigenvalue weighted by Gasteiger charge is 2.22. The SMILES string of the molecule is COc1ccccc1CCN1CCN(C(=O)Cc2ccccc2OC)CC1. The van der Waals surface area contributed by atoms with Crippen LogP contribution in [0.1, 0.15) is 11.1 Å². The average molecular weight is 368 g/mol. The Morgan fingerprint density at radius 1 is 0.852 bits per heavy atom. The lowest BCUT2D eigenvalue weighted by Gasteiger charge is -2.35. The van der Waals surface area contributed by atoms with E-state index in [-0.39, 0.29) is 5.91 Å². The number of nitrogens with zero attached hydrogens (tertiary/aromatic N) is 2. The van der Waals surface area contributed by atoms with Crippen LogP contribution in [0.15, 0.2) is 48.5 Å². The molecular formula is C22H28N2O3. The van der Waals surface area contributed by atoms with Gasteiger partial charge in [-0.2, -0.15) is 0 Å². The fraction of sp³-hybridized carbons (Fsp3) is 0.409. The fourth-order valence-corrected chi connectivity index (χ4v) is 3.53. The summed E-state index contributed by atoms with van der Waals surface area (Å²) in [5.74, 6) is 1.90. The van der Waals surface area contributed by atoms with Crippen molar-refractivity contribution in [3.8, 4) is 11.5 Å². The summed E-state index contributed by atoms with van der Waals surface area (Å²) in [6.07, 6.45) is 1.35. The molecule has 0 unspecified atom stereocenters. The lowest BCUT2D eigenvalue weighted by molar-refractivity contribution is -0.132. The molecule has 0 saturated carbocycles. The molecule has 0 spiro atoms. The Morgan fingerprint density at radius 3 is 2.04 bits per heavy atom.